The zero-order valence-corrected chi connectivity index (χ0v) is 8.56. The minimum absolute atomic E-state index is 0.518. The highest BCUT2D eigenvalue weighted by Crippen LogP contribution is 2.28. The number of nitrogens with one attached hydrogen (secondary N) is 1. The molecule has 1 aliphatic rings. The van der Waals surface area contributed by atoms with Gasteiger partial charge < -0.3 is 5.32 Å². The Morgan fingerprint density at radius 3 is 2.92 bits per heavy atom. The standard InChI is InChI=1S/C7H8BrN5/c1-13-11-6(10-12-13)7(8)4-2-3-5-9-7/h2-5,9H,1H3. The number of tetrazole rings is 1. The van der Waals surface area contributed by atoms with Gasteiger partial charge in [0.15, 0.2) is 4.45 Å². The third kappa shape index (κ3) is 1.49. The van der Waals surface area contributed by atoms with E-state index >= 15 is 0 Å². The lowest BCUT2D eigenvalue weighted by Crippen LogP contribution is -2.33. The van der Waals surface area contributed by atoms with Crippen LogP contribution in [0.5, 0.6) is 0 Å². The van der Waals surface area contributed by atoms with Crippen LogP contribution in [-0.2, 0) is 11.5 Å². The highest BCUT2D eigenvalue weighted by molar-refractivity contribution is 9.09. The number of hydrogen-bond donors (Lipinski definition) is 1. The lowest BCUT2D eigenvalue weighted by Gasteiger charge is -2.22. The van der Waals surface area contributed by atoms with Crippen LogP contribution in [-0.4, -0.2) is 20.2 Å². The fraction of sp³-hybridized carbons (Fsp3) is 0.286. The quantitative estimate of drug-likeness (QED) is 0.573. The Kier molecular flexibility index (Phi) is 1.91. The van der Waals surface area contributed by atoms with Crippen molar-refractivity contribution in [3.63, 3.8) is 0 Å². The van der Waals surface area contributed by atoms with E-state index in [9.17, 15) is 0 Å². The lowest BCUT2D eigenvalue weighted by atomic mass is 10.2. The van der Waals surface area contributed by atoms with Crippen LogP contribution < -0.4 is 5.32 Å². The normalized spacial score (nSPS) is 26.0. The maximum absolute atomic E-state index is 4.11. The van der Waals surface area contributed by atoms with Crippen molar-refractivity contribution in [2.75, 3.05) is 0 Å². The van der Waals surface area contributed by atoms with Crippen LogP contribution in [0.15, 0.2) is 24.4 Å². The molecule has 0 aliphatic carbocycles. The Hall–Kier alpha value is -1.17. The van der Waals surface area contributed by atoms with Gasteiger partial charge in [-0.05, 0) is 39.5 Å². The van der Waals surface area contributed by atoms with Crippen molar-refractivity contribution in [1.82, 2.24) is 25.5 Å². The molecule has 1 unspecified atom stereocenters. The molecule has 5 nitrogen and oxygen atoms in total. The first-order chi connectivity index (χ1) is 6.21. The average Bonchev–Trinajstić information content (AvgIpc) is 2.54. The first-order valence-electron chi connectivity index (χ1n) is 3.76. The number of alkyl halides is 1. The zero-order chi connectivity index (χ0) is 9.31. The van der Waals surface area contributed by atoms with Crippen molar-refractivity contribution in [3.05, 3.63) is 30.3 Å². The molecule has 68 valence electrons. The van der Waals surface area contributed by atoms with E-state index in [2.05, 4.69) is 36.7 Å². The number of dihydropyridines is 1. The Bertz CT molecular complexity index is 369. The third-order valence-corrected chi connectivity index (χ3v) is 2.51. The smallest absolute Gasteiger partial charge is 0.215 e. The molecule has 0 aromatic carbocycles. The molecule has 0 amide bonds. The SMILES string of the molecule is Cn1nnc(C2(Br)C=CC=CN2)n1. The highest BCUT2D eigenvalue weighted by Gasteiger charge is 2.30. The minimum atomic E-state index is -0.518. The molecule has 0 fully saturated rings. The van der Waals surface area contributed by atoms with Crippen LogP contribution >= 0.6 is 15.9 Å². The van der Waals surface area contributed by atoms with Gasteiger partial charge in [0.05, 0.1) is 7.05 Å². The highest BCUT2D eigenvalue weighted by atomic mass is 79.9. The van der Waals surface area contributed by atoms with Gasteiger partial charge >= 0.3 is 0 Å². The minimum Gasteiger partial charge on any atom is -0.367 e. The van der Waals surface area contributed by atoms with Gasteiger partial charge in [0.25, 0.3) is 0 Å². The second kappa shape index (κ2) is 2.95. The summed E-state index contributed by atoms with van der Waals surface area (Å²) in [4.78, 5) is 1.42. The molecule has 0 saturated heterocycles. The molecule has 0 radical (unpaired) electrons. The van der Waals surface area contributed by atoms with E-state index in [0.717, 1.165) is 0 Å². The molecular formula is C7H8BrN5. The van der Waals surface area contributed by atoms with E-state index in [1.165, 1.54) is 4.80 Å². The zero-order valence-electron chi connectivity index (χ0n) is 6.98. The molecule has 0 saturated carbocycles. The first kappa shape index (κ1) is 8.43. The van der Waals surface area contributed by atoms with Crippen LogP contribution in [0.3, 0.4) is 0 Å². The van der Waals surface area contributed by atoms with Gasteiger partial charge in [-0.25, -0.2) is 0 Å². The van der Waals surface area contributed by atoms with Crippen LogP contribution in [0.1, 0.15) is 5.82 Å². The van der Waals surface area contributed by atoms with Gasteiger partial charge in [-0.2, -0.15) is 4.80 Å². The Morgan fingerprint density at radius 1 is 1.54 bits per heavy atom. The number of allylic oxidation sites excluding steroid dienone is 2. The second-order valence-corrected chi connectivity index (χ2v) is 3.93. The number of hydrogen-bond acceptors (Lipinski definition) is 4. The Balaban J connectivity index is 2.34. The molecular weight excluding hydrogens is 234 g/mol. The number of rotatable bonds is 1. The lowest BCUT2D eigenvalue weighted by molar-refractivity contribution is 0.610. The van der Waals surface area contributed by atoms with Crippen molar-refractivity contribution in [2.24, 2.45) is 7.05 Å². The summed E-state index contributed by atoms with van der Waals surface area (Å²) in [5, 5.41) is 14.9. The number of halogens is 1. The van der Waals surface area contributed by atoms with E-state index in [-0.39, 0.29) is 0 Å². The van der Waals surface area contributed by atoms with Crippen molar-refractivity contribution in [1.29, 1.82) is 0 Å². The number of aromatic nitrogens is 4. The summed E-state index contributed by atoms with van der Waals surface area (Å²) in [6.07, 6.45) is 7.56. The van der Waals surface area contributed by atoms with Gasteiger partial charge in [0.2, 0.25) is 5.82 Å². The molecule has 0 bridgehead atoms. The van der Waals surface area contributed by atoms with Crippen LogP contribution in [0.2, 0.25) is 0 Å². The summed E-state index contributed by atoms with van der Waals surface area (Å²) in [5.41, 5.74) is 0. The molecule has 13 heavy (non-hydrogen) atoms. The first-order valence-corrected chi connectivity index (χ1v) is 4.55. The van der Waals surface area contributed by atoms with E-state index in [1.54, 1.807) is 7.05 Å². The van der Waals surface area contributed by atoms with Crippen LogP contribution in [0.25, 0.3) is 0 Å². The summed E-state index contributed by atoms with van der Waals surface area (Å²) in [6, 6.07) is 0. The summed E-state index contributed by atoms with van der Waals surface area (Å²) in [5.74, 6) is 0.593. The molecule has 0 spiro atoms. The molecule has 6 heteroatoms. The fourth-order valence-corrected chi connectivity index (χ4v) is 1.47. The molecule has 1 atom stereocenters. The van der Waals surface area contributed by atoms with E-state index in [0.29, 0.717) is 5.82 Å². The monoisotopic (exact) mass is 241 g/mol. The Morgan fingerprint density at radius 2 is 2.38 bits per heavy atom. The number of nitrogens with zero attached hydrogens (tertiary/aromatic N) is 4. The van der Waals surface area contributed by atoms with Crippen LogP contribution in [0, 0.1) is 0 Å². The molecule has 1 aromatic heterocycles. The molecule has 1 N–H and O–H groups in total. The van der Waals surface area contributed by atoms with Gasteiger partial charge in [0, 0.05) is 0 Å². The van der Waals surface area contributed by atoms with Crippen molar-refractivity contribution in [3.8, 4) is 0 Å². The third-order valence-electron chi connectivity index (χ3n) is 1.66. The largest absolute Gasteiger partial charge is 0.367 e. The maximum Gasteiger partial charge on any atom is 0.215 e. The van der Waals surface area contributed by atoms with Crippen molar-refractivity contribution >= 4 is 15.9 Å². The van der Waals surface area contributed by atoms with Gasteiger partial charge in [0.1, 0.15) is 0 Å². The van der Waals surface area contributed by atoms with Crippen molar-refractivity contribution < 1.29 is 0 Å². The van der Waals surface area contributed by atoms with Crippen molar-refractivity contribution in [2.45, 2.75) is 4.45 Å². The molecule has 2 heterocycles. The Labute approximate surface area is 83.6 Å². The molecule has 1 aromatic rings. The summed E-state index contributed by atoms with van der Waals surface area (Å²) >= 11 is 3.49. The fourth-order valence-electron chi connectivity index (χ4n) is 1.03. The average molecular weight is 242 g/mol. The van der Waals surface area contributed by atoms with Gasteiger partial charge in [-0.1, -0.05) is 6.08 Å². The van der Waals surface area contributed by atoms with Gasteiger partial charge in [-0.15, -0.1) is 10.2 Å². The topological polar surface area (TPSA) is 55.6 Å². The second-order valence-electron chi connectivity index (χ2n) is 2.68. The van der Waals surface area contributed by atoms with Crippen LogP contribution in [0.4, 0.5) is 0 Å². The predicted molar refractivity (Wildman–Crippen MR) is 50.8 cm³/mol. The molecule has 2 rings (SSSR count). The number of aryl methyl sites for hydroxylation is 1. The summed E-state index contributed by atoms with van der Waals surface area (Å²) in [7, 11) is 1.73. The van der Waals surface area contributed by atoms with E-state index in [1.807, 2.05) is 24.4 Å². The maximum atomic E-state index is 4.11. The van der Waals surface area contributed by atoms with Gasteiger partial charge in [-0.3, -0.25) is 0 Å². The summed E-state index contributed by atoms with van der Waals surface area (Å²) in [6.45, 7) is 0. The summed E-state index contributed by atoms with van der Waals surface area (Å²) < 4.78 is -0.518. The predicted octanol–water partition coefficient (Wildman–Crippen LogP) is 0.431. The molecule has 1 aliphatic heterocycles. The van der Waals surface area contributed by atoms with E-state index < -0.39 is 4.45 Å². The van der Waals surface area contributed by atoms with E-state index in [4.69, 9.17) is 0 Å².